The summed E-state index contributed by atoms with van der Waals surface area (Å²) in [6.45, 7) is 7.36. The fourth-order valence-corrected chi connectivity index (χ4v) is 4.28. The molecule has 0 saturated carbocycles. The van der Waals surface area contributed by atoms with Crippen LogP contribution in [0.25, 0.3) is 0 Å². The van der Waals surface area contributed by atoms with Crippen LogP contribution >= 0.6 is 11.8 Å². The maximum Gasteiger partial charge on any atom is 0.410 e. The van der Waals surface area contributed by atoms with Crippen molar-refractivity contribution in [3.63, 3.8) is 0 Å². The van der Waals surface area contributed by atoms with Crippen molar-refractivity contribution in [2.24, 2.45) is 10.4 Å². The molecule has 0 atom stereocenters. The highest BCUT2D eigenvalue weighted by Gasteiger charge is 2.43. The number of carbonyl (C=O) groups is 2. The minimum Gasteiger partial charge on any atom is -0.444 e. The molecule has 0 aliphatic carbocycles. The molecular weight excluding hydrogens is 374 g/mol. The SMILES string of the molecule is CC(C)(C)OC(=O)N1CCC(Cc2ccccc2)(C(=O)NC2=NCCS2)CC1. The number of amides is 2. The Kier molecular flexibility index (Phi) is 6.33. The minimum absolute atomic E-state index is 0.00772. The lowest BCUT2D eigenvalue weighted by atomic mass is 9.73. The summed E-state index contributed by atoms with van der Waals surface area (Å²) in [5.41, 5.74) is 0.0561. The van der Waals surface area contributed by atoms with Crippen molar-refractivity contribution in [1.29, 1.82) is 0 Å². The Morgan fingerprint density at radius 2 is 1.89 bits per heavy atom. The van der Waals surface area contributed by atoms with Gasteiger partial charge in [-0.2, -0.15) is 0 Å². The summed E-state index contributed by atoms with van der Waals surface area (Å²) >= 11 is 1.59. The molecule has 0 aromatic heterocycles. The molecule has 0 radical (unpaired) electrons. The first-order chi connectivity index (χ1) is 13.3. The van der Waals surface area contributed by atoms with Gasteiger partial charge in [0.25, 0.3) is 0 Å². The number of hydrogen-bond acceptors (Lipinski definition) is 5. The van der Waals surface area contributed by atoms with Crippen molar-refractivity contribution in [2.75, 3.05) is 25.4 Å². The molecule has 2 amide bonds. The Balaban J connectivity index is 1.72. The van der Waals surface area contributed by atoms with E-state index in [0.717, 1.165) is 17.9 Å². The second kappa shape index (κ2) is 8.55. The number of likely N-dealkylation sites (tertiary alicyclic amines) is 1. The van der Waals surface area contributed by atoms with E-state index >= 15 is 0 Å². The average Bonchev–Trinajstić information content (AvgIpc) is 3.14. The Hall–Kier alpha value is -2.02. The molecule has 0 bridgehead atoms. The Morgan fingerprint density at radius 1 is 1.21 bits per heavy atom. The fourth-order valence-electron chi connectivity index (χ4n) is 3.55. The molecule has 2 heterocycles. The van der Waals surface area contributed by atoms with Crippen molar-refractivity contribution in [2.45, 2.75) is 45.6 Å². The molecule has 1 aromatic carbocycles. The second-order valence-corrected chi connectivity index (χ2v) is 9.48. The van der Waals surface area contributed by atoms with Crippen molar-refractivity contribution in [3.05, 3.63) is 35.9 Å². The second-order valence-electron chi connectivity index (χ2n) is 8.40. The van der Waals surface area contributed by atoms with Crippen LogP contribution in [-0.2, 0) is 16.0 Å². The lowest BCUT2D eigenvalue weighted by Gasteiger charge is -2.41. The first-order valence-electron chi connectivity index (χ1n) is 9.78. The highest BCUT2D eigenvalue weighted by molar-refractivity contribution is 8.14. The van der Waals surface area contributed by atoms with E-state index in [4.69, 9.17) is 4.74 Å². The molecule has 6 nitrogen and oxygen atoms in total. The monoisotopic (exact) mass is 403 g/mol. The van der Waals surface area contributed by atoms with Crippen LogP contribution in [0.2, 0.25) is 0 Å². The number of nitrogens with zero attached hydrogens (tertiary/aromatic N) is 2. The smallest absolute Gasteiger partial charge is 0.410 e. The zero-order valence-corrected chi connectivity index (χ0v) is 17.7. The largest absolute Gasteiger partial charge is 0.444 e. The number of rotatable bonds is 3. The van der Waals surface area contributed by atoms with Crippen LogP contribution in [-0.4, -0.2) is 53.1 Å². The van der Waals surface area contributed by atoms with Gasteiger partial charge < -0.3 is 15.0 Å². The van der Waals surface area contributed by atoms with Gasteiger partial charge in [0.05, 0.1) is 12.0 Å². The van der Waals surface area contributed by atoms with Crippen molar-refractivity contribution in [3.8, 4) is 0 Å². The van der Waals surface area contributed by atoms with E-state index in [9.17, 15) is 9.59 Å². The van der Waals surface area contributed by atoms with Crippen molar-refractivity contribution < 1.29 is 14.3 Å². The van der Waals surface area contributed by atoms with E-state index in [-0.39, 0.29) is 12.0 Å². The van der Waals surface area contributed by atoms with E-state index in [1.807, 2.05) is 39.0 Å². The first kappa shape index (κ1) is 20.7. The van der Waals surface area contributed by atoms with E-state index in [0.29, 0.717) is 37.5 Å². The standard InChI is InChI=1S/C21H29N3O3S/c1-20(2,3)27-19(26)24-12-9-21(10-13-24,15-16-7-5-4-6-8-16)17(25)23-18-22-11-14-28-18/h4-8H,9-15H2,1-3H3,(H,22,23,25). The molecule has 1 fully saturated rings. The summed E-state index contributed by atoms with van der Waals surface area (Å²) in [5, 5.41) is 3.75. The Labute approximate surface area is 171 Å². The number of ether oxygens (including phenoxy) is 1. The number of carbonyl (C=O) groups excluding carboxylic acids is 2. The van der Waals surface area contributed by atoms with Gasteiger partial charge in [-0.15, -0.1) is 0 Å². The zero-order valence-electron chi connectivity index (χ0n) is 16.9. The van der Waals surface area contributed by atoms with Gasteiger partial charge in [-0.3, -0.25) is 9.79 Å². The van der Waals surface area contributed by atoms with Crippen LogP contribution < -0.4 is 5.32 Å². The third-order valence-corrected chi connectivity index (χ3v) is 5.94. The van der Waals surface area contributed by atoms with Crippen molar-refractivity contribution in [1.82, 2.24) is 10.2 Å². The number of aliphatic imine (C=N–C) groups is 1. The van der Waals surface area contributed by atoms with E-state index in [1.54, 1.807) is 16.7 Å². The fraction of sp³-hybridized carbons (Fsp3) is 0.571. The van der Waals surface area contributed by atoms with Crippen LogP contribution in [0.15, 0.2) is 35.3 Å². The Bertz CT molecular complexity index is 735. The van der Waals surface area contributed by atoms with Crippen LogP contribution in [0, 0.1) is 5.41 Å². The number of amidine groups is 1. The molecule has 2 aliphatic rings. The maximum absolute atomic E-state index is 13.2. The summed E-state index contributed by atoms with van der Waals surface area (Å²) in [5.74, 6) is 0.918. The quantitative estimate of drug-likeness (QED) is 0.839. The molecule has 0 unspecified atom stereocenters. The van der Waals surface area contributed by atoms with Gasteiger partial charge in [-0.05, 0) is 45.6 Å². The van der Waals surface area contributed by atoms with Gasteiger partial charge in [-0.25, -0.2) is 4.79 Å². The number of nitrogens with one attached hydrogen (secondary N) is 1. The Morgan fingerprint density at radius 3 is 2.46 bits per heavy atom. The topological polar surface area (TPSA) is 71.0 Å². The van der Waals surface area contributed by atoms with Crippen LogP contribution in [0.4, 0.5) is 4.79 Å². The third kappa shape index (κ3) is 5.28. The number of thioether (sulfide) groups is 1. The zero-order chi connectivity index (χ0) is 20.2. The molecule has 1 saturated heterocycles. The van der Waals surface area contributed by atoms with Crippen LogP contribution in [0.5, 0.6) is 0 Å². The molecule has 1 N–H and O–H groups in total. The highest BCUT2D eigenvalue weighted by atomic mass is 32.2. The van der Waals surface area contributed by atoms with Gasteiger partial charge in [-0.1, -0.05) is 42.1 Å². The number of hydrogen-bond donors (Lipinski definition) is 1. The first-order valence-corrected chi connectivity index (χ1v) is 10.8. The molecule has 3 rings (SSSR count). The third-order valence-electron chi connectivity index (χ3n) is 5.05. The van der Waals surface area contributed by atoms with Gasteiger partial charge in [0.2, 0.25) is 5.91 Å². The predicted octanol–water partition coefficient (Wildman–Crippen LogP) is 3.47. The summed E-state index contributed by atoms with van der Waals surface area (Å²) in [6.07, 6.45) is 1.55. The lowest BCUT2D eigenvalue weighted by molar-refractivity contribution is -0.132. The average molecular weight is 404 g/mol. The molecule has 1 aromatic rings. The number of piperidine rings is 1. The van der Waals surface area contributed by atoms with Gasteiger partial charge in [0.1, 0.15) is 5.60 Å². The molecule has 152 valence electrons. The van der Waals surface area contributed by atoms with E-state index < -0.39 is 11.0 Å². The molecule has 2 aliphatic heterocycles. The normalized spacial score (nSPS) is 19.1. The minimum atomic E-state index is -0.550. The summed E-state index contributed by atoms with van der Waals surface area (Å²) < 4.78 is 5.50. The molecule has 7 heteroatoms. The summed E-state index contributed by atoms with van der Waals surface area (Å²) in [4.78, 5) is 31.7. The van der Waals surface area contributed by atoms with Gasteiger partial charge >= 0.3 is 6.09 Å². The number of benzene rings is 1. The van der Waals surface area contributed by atoms with Crippen LogP contribution in [0.1, 0.15) is 39.2 Å². The highest BCUT2D eigenvalue weighted by Crippen LogP contribution is 2.36. The summed E-state index contributed by atoms with van der Waals surface area (Å²) in [6, 6.07) is 10.1. The molecule has 0 spiro atoms. The van der Waals surface area contributed by atoms with Gasteiger partial charge in [0, 0.05) is 18.8 Å². The van der Waals surface area contributed by atoms with E-state index in [2.05, 4.69) is 22.4 Å². The molecular formula is C21H29N3O3S. The molecule has 28 heavy (non-hydrogen) atoms. The van der Waals surface area contributed by atoms with Crippen molar-refractivity contribution >= 4 is 28.9 Å². The maximum atomic E-state index is 13.2. The lowest BCUT2D eigenvalue weighted by Crippen LogP contribution is -2.52. The van der Waals surface area contributed by atoms with Crippen LogP contribution in [0.3, 0.4) is 0 Å². The van der Waals surface area contributed by atoms with E-state index in [1.165, 1.54) is 0 Å². The van der Waals surface area contributed by atoms with Gasteiger partial charge in [0.15, 0.2) is 5.17 Å². The predicted molar refractivity (Wildman–Crippen MR) is 113 cm³/mol. The summed E-state index contributed by atoms with van der Waals surface area (Å²) in [7, 11) is 0.